The summed E-state index contributed by atoms with van der Waals surface area (Å²) >= 11 is 0. The van der Waals surface area contributed by atoms with Crippen molar-refractivity contribution in [3.05, 3.63) is 41.7 Å². The van der Waals surface area contributed by atoms with E-state index in [1.165, 1.54) is 0 Å². The SMILES string of the molecule is Cc1cc([C@H]2CCCN2Cc2noc(-c3ccco3)n2)on1. The molecule has 0 saturated carbocycles. The first-order chi connectivity index (χ1) is 10.8. The Morgan fingerprint density at radius 1 is 1.32 bits per heavy atom. The first kappa shape index (κ1) is 13.3. The lowest BCUT2D eigenvalue weighted by molar-refractivity contribution is 0.200. The third-order valence-electron chi connectivity index (χ3n) is 3.88. The average molecular weight is 300 g/mol. The lowest BCUT2D eigenvalue weighted by Gasteiger charge is -2.20. The Labute approximate surface area is 126 Å². The number of hydrogen-bond donors (Lipinski definition) is 0. The van der Waals surface area contributed by atoms with Crippen molar-refractivity contribution in [1.82, 2.24) is 20.2 Å². The van der Waals surface area contributed by atoms with Gasteiger partial charge in [-0.25, -0.2) is 0 Å². The van der Waals surface area contributed by atoms with E-state index in [-0.39, 0.29) is 6.04 Å². The summed E-state index contributed by atoms with van der Waals surface area (Å²) < 4.78 is 15.9. The standard InChI is InChI=1S/C15H16N4O3/c1-10-8-13(21-17-10)11-4-2-6-19(11)9-14-16-15(22-18-14)12-5-3-7-20-12/h3,5,7-8,11H,2,4,6,9H2,1H3/t11-/m1/s1. The predicted molar refractivity (Wildman–Crippen MR) is 75.6 cm³/mol. The molecule has 22 heavy (non-hydrogen) atoms. The highest BCUT2D eigenvalue weighted by Crippen LogP contribution is 2.33. The lowest BCUT2D eigenvalue weighted by atomic mass is 10.1. The number of rotatable bonds is 4. The molecule has 1 fully saturated rings. The molecule has 0 radical (unpaired) electrons. The van der Waals surface area contributed by atoms with Gasteiger partial charge in [-0.1, -0.05) is 10.3 Å². The van der Waals surface area contributed by atoms with Crippen molar-refractivity contribution < 1.29 is 13.5 Å². The Hall–Kier alpha value is -2.41. The highest BCUT2D eigenvalue weighted by atomic mass is 16.5. The van der Waals surface area contributed by atoms with Crippen molar-refractivity contribution in [3.8, 4) is 11.7 Å². The molecule has 7 nitrogen and oxygen atoms in total. The van der Waals surface area contributed by atoms with E-state index in [0.717, 1.165) is 30.8 Å². The Morgan fingerprint density at radius 2 is 2.27 bits per heavy atom. The maximum absolute atomic E-state index is 5.41. The molecule has 4 heterocycles. The molecule has 114 valence electrons. The van der Waals surface area contributed by atoms with Crippen LogP contribution in [0.5, 0.6) is 0 Å². The lowest BCUT2D eigenvalue weighted by Crippen LogP contribution is -2.23. The van der Waals surface area contributed by atoms with E-state index in [4.69, 9.17) is 13.5 Å². The maximum atomic E-state index is 5.41. The topological polar surface area (TPSA) is 81.3 Å². The van der Waals surface area contributed by atoms with Crippen molar-refractivity contribution >= 4 is 0 Å². The van der Waals surface area contributed by atoms with Gasteiger partial charge >= 0.3 is 0 Å². The fourth-order valence-corrected chi connectivity index (χ4v) is 2.88. The summed E-state index contributed by atoms with van der Waals surface area (Å²) in [7, 11) is 0. The summed E-state index contributed by atoms with van der Waals surface area (Å²) in [5.41, 5.74) is 0.904. The second kappa shape index (κ2) is 5.42. The molecule has 3 aromatic heterocycles. The fraction of sp³-hybridized carbons (Fsp3) is 0.400. The number of nitrogens with zero attached hydrogens (tertiary/aromatic N) is 4. The molecule has 1 aliphatic heterocycles. The highest BCUT2D eigenvalue weighted by Gasteiger charge is 2.30. The molecule has 0 spiro atoms. The van der Waals surface area contributed by atoms with Gasteiger partial charge in [-0.05, 0) is 38.4 Å². The van der Waals surface area contributed by atoms with Gasteiger partial charge in [-0.3, -0.25) is 4.90 Å². The van der Waals surface area contributed by atoms with E-state index in [1.807, 2.05) is 13.0 Å². The van der Waals surface area contributed by atoms with Gasteiger partial charge in [0.2, 0.25) is 0 Å². The van der Waals surface area contributed by atoms with E-state index in [1.54, 1.807) is 18.4 Å². The van der Waals surface area contributed by atoms with Crippen molar-refractivity contribution in [1.29, 1.82) is 0 Å². The smallest absolute Gasteiger partial charge is 0.293 e. The van der Waals surface area contributed by atoms with Crippen LogP contribution >= 0.6 is 0 Å². The number of aromatic nitrogens is 3. The third-order valence-corrected chi connectivity index (χ3v) is 3.88. The number of furan rings is 1. The molecule has 0 aromatic carbocycles. The van der Waals surface area contributed by atoms with E-state index >= 15 is 0 Å². The Kier molecular flexibility index (Phi) is 3.27. The summed E-state index contributed by atoms with van der Waals surface area (Å²) in [6.07, 6.45) is 3.76. The van der Waals surface area contributed by atoms with E-state index in [0.29, 0.717) is 24.0 Å². The molecule has 4 rings (SSSR count). The molecule has 1 saturated heterocycles. The van der Waals surface area contributed by atoms with Crippen LogP contribution in [0.25, 0.3) is 11.7 Å². The molecule has 3 aromatic rings. The summed E-state index contributed by atoms with van der Waals surface area (Å²) in [6.45, 7) is 3.53. The summed E-state index contributed by atoms with van der Waals surface area (Å²) in [5.74, 6) is 2.55. The van der Waals surface area contributed by atoms with Crippen LogP contribution in [0.15, 0.2) is 37.9 Å². The van der Waals surface area contributed by atoms with E-state index in [9.17, 15) is 0 Å². The average Bonchev–Trinajstić information content (AvgIpc) is 3.26. The van der Waals surface area contributed by atoms with Crippen molar-refractivity contribution in [2.45, 2.75) is 32.4 Å². The van der Waals surface area contributed by atoms with Gasteiger partial charge < -0.3 is 13.5 Å². The summed E-state index contributed by atoms with van der Waals surface area (Å²) in [6, 6.07) is 5.81. The van der Waals surface area contributed by atoms with Crippen LogP contribution < -0.4 is 0 Å². The fourth-order valence-electron chi connectivity index (χ4n) is 2.88. The van der Waals surface area contributed by atoms with Crippen LogP contribution in [-0.4, -0.2) is 26.7 Å². The molecular weight excluding hydrogens is 284 g/mol. The molecular formula is C15H16N4O3. The first-order valence-corrected chi connectivity index (χ1v) is 7.33. The van der Waals surface area contributed by atoms with E-state index in [2.05, 4.69) is 20.2 Å². The Morgan fingerprint density at radius 3 is 3.05 bits per heavy atom. The predicted octanol–water partition coefficient (Wildman–Crippen LogP) is 2.96. The zero-order valence-corrected chi connectivity index (χ0v) is 12.2. The van der Waals surface area contributed by atoms with E-state index < -0.39 is 0 Å². The minimum Gasteiger partial charge on any atom is -0.459 e. The summed E-state index contributed by atoms with van der Waals surface area (Å²) in [5, 5.41) is 8.01. The quantitative estimate of drug-likeness (QED) is 0.732. The molecule has 7 heteroatoms. The molecule has 1 atom stereocenters. The molecule has 0 aliphatic carbocycles. The van der Waals surface area contributed by atoms with Gasteiger partial charge in [0.1, 0.15) is 0 Å². The molecule has 1 aliphatic rings. The second-order valence-electron chi connectivity index (χ2n) is 5.49. The van der Waals surface area contributed by atoms with Gasteiger partial charge in [-0.15, -0.1) is 0 Å². The van der Waals surface area contributed by atoms with Crippen LogP contribution in [0.1, 0.15) is 36.2 Å². The largest absolute Gasteiger partial charge is 0.459 e. The van der Waals surface area contributed by atoms with Gasteiger partial charge in [0.15, 0.2) is 17.3 Å². The van der Waals surface area contributed by atoms with Crippen molar-refractivity contribution in [2.24, 2.45) is 0 Å². The zero-order chi connectivity index (χ0) is 14.9. The van der Waals surface area contributed by atoms with Crippen molar-refractivity contribution in [3.63, 3.8) is 0 Å². The van der Waals surface area contributed by atoms with Gasteiger partial charge in [-0.2, -0.15) is 4.98 Å². The minimum absolute atomic E-state index is 0.228. The van der Waals surface area contributed by atoms with Crippen LogP contribution in [-0.2, 0) is 6.54 Å². The molecule has 0 N–H and O–H groups in total. The molecule has 0 amide bonds. The zero-order valence-electron chi connectivity index (χ0n) is 12.2. The number of likely N-dealkylation sites (tertiary alicyclic amines) is 1. The van der Waals surface area contributed by atoms with Gasteiger partial charge in [0.25, 0.3) is 5.89 Å². The highest BCUT2D eigenvalue weighted by molar-refractivity contribution is 5.42. The number of hydrogen-bond acceptors (Lipinski definition) is 7. The minimum atomic E-state index is 0.228. The normalized spacial score (nSPS) is 19.0. The first-order valence-electron chi connectivity index (χ1n) is 7.33. The second-order valence-corrected chi connectivity index (χ2v) is 5.49. The third kappa shape index (κ3) is 2.43. The van der Waals surface area contributed by atoms with Crippen LogP contribution in [0.4, 0.5) is 0 Å². The Bertz CT molecular complexity index is 747. The molecule has 0 unspecified atom stereocenters. The number of aryl methyl sites for hydroxylation is 1. The van der Waals surface area contributed by atoms with Crippen LogP contribution in [0, 0.1) is 6.92 Å². The van der Waals surface area contributed by atoms with Gasteiger partial charge in [0, 0.05) is 6.07 Å². The maximum Gasteiger partial charge on any atom is 0.293 e. The van der Waals surface area contributed by atoms with Gasteiger partial charge in [0.05, 0.1) is 24.5 Å². The monoisotopic (exact) mass is 300 g/mol. The summed E-state index contributed by atoms with van der Waals surface area (Å²) in [4.78, 5) is 6.68. The molecule has 0 bridgehead atoms. The van der Waals surface area contributed by atoms with Crippen LogP contribution in [0.2, 0.25) is 0 Å². The Balaban J connectivity index is 1.50. The van der Waals surface area contributed by atoms with Crippen molar-refractivity contribution in [2.75, 3.05) is 6.54 Å². The van der Waals surface area contributed by atoms with Crippen LogP contribution in [0.3, 0.4) is 0 Å².